The van der Waals surface area contributed by atoms with Gasteiger partial charge < -0.3 is 10.4 Å². The van der Waals surface area contributed by atoms with E-state index in [4.69, 9.17) is 5.11 Å². The van der Waals surface area contributed by atoms with Gasteiger partial charge in [0.15, 0.2) is 0 Å². The van der Waals surface area contributed by atoms with Crippen molar-refractivity contribution in [1.29, 1.82) is 0 Å². The first-order valence-electron chi connectivity index (χ1n) is 6.76. The van der Waals surface area contributed by atoms with Crippen molar-refractivity contribution in [3.63, 3.8) is 0 Å². The summed E-state index contributed by atoms with van der Waals surface area (Å²) < 4.78 is 0. The van der Waals surface area contributed by atoms with E-state index in [-0.39, 0.29) is 12.5 Å². The Kier molecular flexibility index (Phi) is 7.11. The number of rotatable bonds is 8. The summed E-state index contributed by atoms with van der Waals surface area (Å²) in [6.07, 6.45) is 6.28. The fraction of sp³-hybridized carbons (Fsp3) is 0.533. The van der Waals surface area contributed by atoms with E-state index in [1.165, 1.54) is 19.3 Å². The molecule has 0 saturated heterocycles. The molecule has 1 amide bonds. The maximum Gasteiger partial charge on any atom is 0.224 e. The van der Waals surface area contributed by atoms with Crippen LogP contribution in [0.1, 0.15) is 51.0 Å². The van der Waals surface area contributed by atoms with Crippen molar-refractivity contribution >= 4 is 11.6 Å². The first kappa shape index (κ1) is 14.7. The van der Waals surface area contributed by atoms with E-state index in [1.54, 1.807) is 0 Å². The molecule has 0 atom stereocenters. The lowest BCUT2D eigenvalue weighted by Gasteiger charge is -2.09. The van der Waals surface area contributed by atoms with Crippen molar-refractivity contribution in [2.24, 2.45) is 0 Å². The third-order valence-corrected chi connectivity index (χ3v) is 2.97. The van der Waals surface area contributed by atoms with Crippen LogP contribution in [0, 0.1) is 0 Å². The van der Waals surface area contributed by atoms with Crippen molar-refractivity contribution < 1.29 is 9.90 Å². The van der Waals surface area contributed by atoms with Gasteiger partial charge in [0.25, 0.3) is 0 Å². The summed E-state index contributed by atoms with van der Waals surface area (Å²) in [7, 11) is 0. The Hall–Kier alpha value is -1.35. The Morgan fingerprint density at radius 1 is 1.17 bits per heavy atom. The standard InChI is InChI=1S/C15H23NO2/c1-2-3-4-5-6-11-15(18)16-14-10-8-7-9-13(14)12-17/h7-10,17H,2-6,11-12H2,1H3,(H,16,18). The number of amides is 1. The molecule has 0 radical (unpaired) electrons. The molecular weight excluding hydrogens is 226 g/mol. The molecule has 3 nitrogen and oxygen atoms in total. The third kappa shape index (κ3) is 5.32. The van der Waals surface area contributed by atoms with Gasteiger partial charge in [-0.3, -0.25) is 4.79 Å². The fourth-order valence-electron chi connectivity index (χ4n) is 1.88. The third-order valence-electron chi connectivity index (χ3n) is 2.97. The molecule has 3 heteroatoms. The smallest absolute Gasteiger partial charge is 0.224 e. The van der Waals surface area contributed by atoms with Crippen molar-refractivity contribution in [3.05, 3.63) is 29.8 Å². The predicted octanol–water partition coefficient (Wildman–Crippen LogP) is 3.48. The van der Waals surface area contributed by atoms with Crippen LogP contribution in [0.15, 0.2) is 24.3 Å². The van der Waals surface area contributed by atoms with Gasteiger partial charge >= 0.3 is 0 Å². The summed E-state index contributed by atoms with van der Waals surface area (Å²) in [4.78, 5) is 11.7. The molecule has 1 aromatic carbocycles. The molecular formula is C15H23NO2. The number of benzene rings is 1. The Bertz CT molecular complexity index is 363. The number of hydrogen-bond acceptors (Lipinski definition) is 2. The quantitative estimate of drug-likeness (QED) is 0.693. The highest BCUT2D eigenvalue weighted by atomic mass is 16.3. The second kappa shape index (κ2) is 8.70. The average molecular weight is 249 g/mol. The molecule has 0 aliphatic rings. The summed E-state index contributed by atoms with van der Waals surface area (Å²) in [5, 5.41) is 12.0. The fourth-order valence-corrected chi connectivity index (χ4v) is 1.88. The maximum absolute atomic E-state index is 11.7. The van der Waals surface area contributed by atoms with Crippen LogP contribution in [0.5, 0.6) is 0 Å². The van der Waals surface area contributed by atoms with Gasteiger partial charge in [0.1, 0.15) is 0 Å². The first-order chi connectivity index (χ1) is 8.77. The van der Waals surface area contributed by atoms with E-state index >= 15 is 0 Å². The van der Waals surface area contributed by atoms with E-state index in [9.17, 15) is 4.79 Å². The lowest BCUT2D eigenvalue weighted by molar-refractivity contribution is -0.116. The minimum Gasteiger partial charge on any atom is -0.392 e. The first-order valence-corrected chi connectivity index (χ1v) is 6.76. The van der Waals surface area contributed by atoms with Gasteiger partial charge in [0, 0.05) is 17.7 Å². The summed E-state index contributed by atoms with van der Waals surface area (Å²) in [5.41, 5.74) is 1.48. The summed E-state index contributed by atoms with van der Waals surface area (Å²) in [6, 6.07) is 7.35. The van der Waals surface area contributed by atoms with E-state index in [0.717, 1.165) is 24.1 Å². The number of carbonyl (C=O) groups excluding carboxylic acids is 1. The number of aliphatic hydroxyl groups is 1. The molecule has 0 spiro atoms. The molecule has 1 rings (SSSR count). The lowest BCUT2D eigenvalue weighted by Crippen LogP contribution is -2.12. The number of hydrogen-bond donors (Lipinski definition) is 2. The van der Waals surface area contributed by atoms with Crippen molar-refractivity contribution in [2.45, 2.75) is 52.1 Å². The molecule has 100 valence electrons. The number of anilines is 1. The van der Waals surface area contributed by atoms with Gasteiger partial charge in [-0.15, -0.1) is 0 Å². The molecule has 0 aliphatic carbocycles. The second-order valence-electron chi connectivity index (χ2n) is 4.53. The van der Waals surface area contributed by atoms with Crippen molar-refractivity contribution in [2.75, 3.05) is 5.32 Å². The number of para-hydroxylation sites is 1. The highest BCUT2D eigenvalue weighted by molar-refractivity contribution is 5.91. The summed E-state index contributed by atoms with van der Waals surface area (Å²) in [5.74, 6) is 0.0346. The molecule has 0 aromatic heterocycles. The largest absolute Gasteiger partial charge is 0.392 e. The zero-order valence-electron chi connectivity index (χ0n) is 11.1. The molecule has 1 aromatic rings. The molecule has 0 unspecified atom stereocenters. The Morgan fingerprint density at radius 2 is 1.89 bits per heavy atom. The SMILES string of the molecule is CCCCCCCC(=O)Nc1ccccc1CO. The predicted molar refractivity (Wildman–Crippen MR) is 74.4 cm³/mol. The van der Waals surface area contributed by atoms with Crippen LogP contribution in [-0.2, 0) is 11.4 Å². The number of nitrogens with one attached hydrogen (secondary N) is 1. The van der Waals surface area contributed by atoms with Crippen LogP contribution in [0.3, 0.4) is 0 Å². The molecule has 0 saturated carbocycles. The van der Waals surface area contributed by atoms with Gasteiger partial charge in [0.2, 0.25) is 5.91 Å². The van der Waals surface area contributed by atoms with Crippen molar-refractivity contribution in [3.8, 4) is 0 Å². The van der Waals surface area contributed by atoms with Gasteiger partial charge in [-0.2, -0.15) is 0 Å². The van der Waals surface area contributed by atoms with Gasteiger partial charge in [-0.1, -0.05) is 50.8 Å². The molecule has 0 aliphatic heterocycles. The van der Waals surface area contributed by atoms with E-state index in [1.807, 2.05) is 24.3 Å². The van der Waals surface area contributed by atoms with Gasteiger partial charge in [-0.25, -0.2) is 0 Å². The van der Waals surface area contributed by atoms with E-state index in [2.05, 4.69) is 12.2 Å². The average Bonchev–Trinajstić information content (AvgIpc) is 2.39. The van der Waals surface area contributed by atoms with Crippen LogP contribution in [0.25, 0.3) is 0 Å². The molecule has 0 bridgehead atoms. The summed E-state index contributed by atoms with van der Waals surface area (Å²) in [6.45, 7) is 2.13. The minimum absolute atomic E-state index is 0.0346. The van der Waals surface area contributed by atoms with Gasteiger partial charge in [0.05, 0.1) is 6.61 Å². The van der Waals surface area contributed by atoms with Gasteiger partial charge in [-0.05, 0) is 12.5 Å². The monoisotopic (exact) mass is 249 g/mol. The minimum atomic E-state index is -0.0487. The number of unbranched alkanes of at least 4 members (excludes halogenated alkanes) is 4. The number of aliphatic hydroxyl groups excluding tert-OH is 1. The topological polar surface area (TPSA) is 49.3 Å². The van der Waals surface area contributed by atoms with E-state index < -0.39 is 0 Å². The van der Waals surface area contributed by atoms with Crippen LogP contribution in [-0.4, -0.2) is 11.0 Å². The maximum atomic E-state index is 11.7. The van der Waals surface area contributed by atoms with Crippen LogP contribution in [0.4, 0.5) is 5.69 Å². The Morgan fingerprint density at radius 3 is 2.61 bits per heavy atom. The van der Waals surface area contributed by atoms with Crippen molar-refractivity contribution in [1.82, 2.24) is 0 Å². The Balaban J connectivity index is 2.31. The van der Waals surface area contributed by atoms with Crippen LogP contribution in [0.2, 0.25) is 0 Å². The molecule has 2 N–H and O–H groups in total. The molecule has 18 heavy (non-hydrogen) atoms. The molecule has 0 fully saturated rings. The normalized spacial score (nSPS) is 10.3. The van der Waals surface area contributed by atoms with E-state index in [0.29, 0.717) is 6.42 Å². The Labute approximate surface area is 109 Å². The zero-order valence-corrected chi connectivity index (χ0v) is 11.1. The molecule has 0 heterocycles. The highest BCUT2D eigenvalue weighted by Gasteiger charge is 2.05. The highest BCUT2D eigenvalue weighted by Crippen LogP contribution is 2.15. The number of carbonyl (C=O) groups is 1. The summed E-state index contributed by atoms with van der Waals surface area (Å²) >= 11 is 0. The zero-order chi connectivity index (χ0) is 13.2. The van der Waals surface area contributed by atoms with Crippen LogP contribution < -0.4 is 5.32 Å². The lowest BCUT2D eigenvalue weighted by atomic mass is 10.1. The van der Waals surface area contributed by atoms with Crippen LogP contribution >= 0.6 is 0 Å². The second-order valence-corrected chi connectivity index (χ2v) is 4.53.